The summed E-state index contributed by atoms with van der Waals surface area (Å²) in [7, 11) is 0. The molecule has 0 radical (unpaired) electrons. The summed E-state index contributed by atoms with van der Waals surface area (Å²) in [6, 6.07) is 6.34. The molecule has 16 heavy (non-hydrogen) atoms. The van der Waals surface area contributed by atoms with E-state index in [9.17, 15) is 4.79 Å². The van der Waals surface area contributed by atoms with E-state index < -0.39 is 0 Å². The zero-order valence-corrected chi connectivity index (χ0v) is 9.54. The van der Waals surface area contributed by atoms with Crippen molar-refractivity contribution in [2.24, 2.45) is 0 Å². The summed E-state index contributed by atoms with van der Waals surface area (Å²) in [6.45, 7) is 5.02. The van der Waals surface area contributed by atoms with Gasteiger partial charge in [0.05, 0.1) is 12.3 Å². The maximum Gasteiger partial charge on any atom is 0.221 e. The van der Waals surface area contributed by atoms with Gasteiger partial charge < -0.3 is 15.4 Å². The number of carbonyl (C=O) groups is 1. The number of hydrogen-bond donors (Lipinski definition) is 2. The first-order valence-corrected chi connectivity index (χ1v) is 5.48. The van der Waals surface area contributed by atoms with E-state index in [0.717, 1.165) is 18.0 Å². The largest absolute Gasteiger partial charge is 0.492 e. The fourth-order valence-corrected chi connectivity index (χ4v) is 1.63. The normalized spacial score (nSPS) is 18.0. The zero-order chi connectivity index (χ0) is 11.5. The van der Waals surface area contributed by atoms with E-state index in [-0.39, 0.29) is 5.91 Å². The molecule has 1 heterocycles. The number of nitrogens with one attached hydrogen (secondary N) is 2. The summed E-state index contributed by atoms with van der Waals surface area (Å²) >= 11 is 0. The third-order valence-electron chi connectivity index (χ3n) is 2.42. The number of benzene rings is 1. The monoisotopic (exact) mass is 220 g/mol. The number of anilines is 1. The van der Waals surface area contributed by atoms with Crippen molar-refractivity contribution in [1.29, 1.82) is 0 Å². The van der Waals surface area contributed by atoms with Crippen molar-refractivity contribution < 1.29 is 9.53 Å². The quantitative estimate of drug-likeness (QED) is 0.759. The van der Waals surface area contributed by atoms with E-state index in [1.54, 1.807) is 0 Å². The van der Waals surface area contributed by atoms with E-state index >= 15 is 0 Å². The average molecular weight is 220 g/mol. The first-order chi connectivity index (χ1) is 7.70. The standard InChI is InChI=1S/C12H16N2O2/c1-3-16-12-5-4-9(11-7-13-11)6-10(12)14-8(2)15/h4-6,11,13H,3,7H2,1-2H3,(H,14,15). The smallest absolute Gasteiger partial charge is 0.221 e. The molecule has 4 heteroatoms. The van der Waals surface area contributed by atoms with Crippen molar-refractivity contribution in [3.05, 3.63) is 23.8 Å². The molecule has 0 aromatic heterocycles. The Labute approximate surface area is 95.0 Å². The van der Waals surface area contributed by atoms with Crippen molar-refractivity contribution >= 4 is 11.6 Å². The summed E-state index contributed by atoms with van der Waals surface area (Å²) in [5, 5.41) is 6.02. The number of amides is 1. The fourth-order valence-electron chi connectivity index (χ4n) is 1.63. The summed E-state index contributed by atoms with van der Waals surface area (Å²) < 4.78 is 5.46. The van der Waals surface area contributed by atoms with Crippen molar-refractivity contribution in [3.63, 3.8) is 0 Å². The fraction of sp³-hybridized carbons (Fsp3) is 0.417. The number of ether oxygens (including phenoxy) is 1. The summed E-state index contributed by atoms with van der Waals surface area (Å²) in [6.07, 6.45) is 0. The van der Waals surface area contributed by atoms with Crippen LogP contribution in [0.2, 0.25) is 0 Å². The first kappa shape index (κ1) is 11.0. The lowest BCUT2D eigenvalue weighted by Crippen LogP contribution is -2.08. The van der Waals surface area contributed by atoms with Gasteiger partial charge in [-0.15, -0.1) is 0 Å². The van der Waals surface area contributed by atoms with Crippen LogP contribution in [0.15, 0.2) is 18.2 Å². The van der Waals surface area contributed by atoms with Crippen LogP contribution in [-0.4, -0.2) is 19.1 Å². The minimum atomic E-state index is -0.0816. The highest BCUT2D eigenvalue weighted by Crippen LogP contribution is 2.31. The molecule has 0 aliphatic carbocycles. The average Bonchev–Trinajstić information content (AvgIpc) is 3.03. The Morgan fingerprint density at radius 2 is 2.38 bits per heavy atom. The maximum atomic E-state index is 11.1. The highest BCUT2D eigenvalue weighted by Gasteiger charge is 2.23. The van der Waals surface area contributed by atoms with Gasteiger partial charge in [0, 0.05) is 19.5 Å². The molecule has 0 bridgehead atoms. The Balaban J connectivity index is 2.25. The lowest BCUT2D eigenvalue weighted by molar-refractivity contribution is -0.114. The number of carbonyl (C=O) groups excluding carboxylic acids is 1. The lowest BCUT2D eigenvalue weighted by Gasteiger charge is -2.11. The van der Waals surface area contributed by atoms with Crippen LogP contribution in [0.1, 0.15) is 25.5 Å². The lowest BCUT2D eigenvalue weighted by atomic mass is 10.1. The first-order valence-electron chi connectivity index (χ1n) is 5.48. The highest BCUT2D eigenvalue weighted by molar-refractivity contribution is 5.90. The van der Waals surface area contributed by atoms with Crippen LogP contribution in [0.4, 0.5) is 5.69 Å². The minimum absolute atomic E-state index is 0.0816. The number of rotatable bonds is 4. The molecule has 1 unspecified atom stereocenters. The van der Waals surface area contributed by atoms with Gasteiger partial charge in [-0.1, -0.05) is 6.07 Å². The number of hydrogen-bond acceptors (Lipinski definition) is 3. The molecular formula is C12H16N2O2. The van der Waals surface area contributed by atoms with E-state index in [2.05, 4.69) is 10.6 Å². The molecule has 1 fully saturated rings. The van der Waals surface area contributed by atoms with Crippen LogP contribution in [0, 0.1) is 0 Å². The Kier molecular flexibility index (Phi) is 3.10. The molecule has 1 atom stereocenters. The van der Waals surface area contributed by atoms with Crippen molar-refractivity contribution in [2.75, 3.05) is 18.5 Å². The third-order valence-corrected chi connectivity index (χ3v) is 2.42. The maximum absolute atomic E-state index is 11.1. The molecule has 1 aliphatic heterocycles. The van der Waals surface area contributed by atoms with Gasteiger partial charge in [0.15, 0.2) is 0 Å². The van der Waals surface area contributed by atoms with Crippen LogP contribution >= 0.6 is 0 Å². The van der Waals surface area contributed by atoms with Crippen molar-refractivity contribution in [3.8, 4) is 5.75 Å². The Morgan fingerprint density at radius 3 is 2.94 bits per heavy atom. The molecule has 1 saturated heterocycles. The van der Waals surface area contributed by atoms with Crippen LogP contribution in [0.3, 0.4) is 0 Å². The second-order valence-corrected chi connectivity index (χ2v) is 3.83. The van der Waals surface area contributed by atoms with E-state index in [4.69, 9.17) is 4.74 Å². The van der Waals surface area contributed by atoms with Gasteiger partial charge >= 0.3 is 0 Å². The van der Waals surface area contributed by atoms with Crippen LogP contribution < -0.4 is 15.4 Å². The second kappa shape index (κ2) is 4.53. The summed E-state index contributed by atoms with van der Waals surface area (Å²) in [4.78, 5) is 11.1. The van der Waals surface area contributed by atoms with E-state index in [1.165, 1.54) is 12.5 Å². The van der Waals surface area contributed by atoms with Crippen molar-refractivity contribution in [1.82, 2.24) is 5.32 Å². The zero-order valence-electron chi connectivity index (χ0n) is 9.54. The van der Waals surface area contributed by atoms with Gasteiger partial charge in [-0.2, -0.15) is 0 Å². The molecule has 4 nitrogen and oxygen atoms in total. The van der Waals surface area contributed by atoms with Gasteiger partial charge in [-0.05, 0) is 24.6 Å². The van der Waals surface area contributed by atoms with E-state index in [0.29, 0.717) is 12.6 Å². The minimum Gasteiger partial charge on any atom is -0.492 e. The van der Waals surface area contributed by atoms with Gasteiger partial charge in [0.1, 0.15) is 5.75 Å². The van der Waals surface area contributed by atoms with Gasteiger partial charge in [0.25, 0.3) is 0 Å². The summed E-state index contributed by atoms with van der Waals surface area (Å²) in [5.74, 6) is 0.643. The Bertz CT molecular complexity index is 400. The Hall–Kier alpha value is -1.55. The third kappa shape index (κ3) is 2.52. The highest BCUT2D eigenvalue weighted by atomic mass is 16.5. The molecule has 0 spiro atoms. The van der Waals surface area contributed by atoms with E-state index in [1.807, 2.05) is 25.1 Å². The predicted molar refractivity (Wildman–Crippen MR) is 62.7 cm³/mol. The summed E-state index contributed by atoms with van der Waals surface area (Å²) in [5.41, 5.74) is 1.94. The Morgan fingerprint density at radius 1 is 1.62 bits per heavy atom. The van der Waals surface area contributed by atoms with Crippen LogP contribution in [0.5, 0.6) is 5.75 Å². The SMILES string of the molecule is CCOc1ccc(C2CN2)cc1NC(C)=O. The molecule has 1 aromatic rings. The topological polar surface area (TPSA) is 60.3 Å². The molecule has 1 aromatic carbocycles. The van der Waals surface area contributed by atoms with Gasteiger partial charge in [-0.25, -0.2) is 0 Å². The van der Waals surface area contributed by atoms with Gasteiger partial charge in [0.2, 0.25) is 5.91 Å². The molecule has 0 saturated carbocycles. The molecule has 2 rings (SSSR count). The van der Waals surface area contributed by atoms with Crippen LogP contribution in [0.25, 0.3) is 0 Å². The van der Waals surface area contributed by atoms with Gasteiger partial charge in [-0.3, -0.25) is 4.79 Å². The van der Waals surface area contributed by atoms with Crippen LogP contribution in [-0.2, 0) is 4.79 Å². The second-order valence-electron chi connectivity index (χ2n) is 3.83. The molecular weight excluding hydrogens is 204 g/mol. The molecule has 1 aliphatic rings. The van der Waals surface area contributed by atoms with Crippen molar-refractivity contribution in [2.45, 2.75) is 19.9 Å². The molecule has 1 amide bonds. The molecule has 2 N–H and O–H groups in total. The molecule has 86 valence electrons. The predicted octanol–water partition coefficient (Wildman–Crippen LogP) is 1.69.